The number of ether oxygens (including phenoxy) is 1. The van der Waals surface area contributed by atoms with Crippen LogP contribution in [0.15, 0.2) is 30.9 Å². The fourth-order valence-corrected chi connectivity index (χ4v) is 8.15. The Hall–Kier alpha value is -3.45. The highest BCUT2D eigenvalue weighted by Crippen LogP contribution is 2.30. The Labute approximate surface area is 278 Å². The number of aryl methyl sites for hydroxylation is 1. The van der Waals surface area contributed by atoms with Gasteiger partial charge in [-0.25, -0.2) is 13.2 Å². The van der Waals surface area contributed by atoms with Gasteiger partial charge in [0.25, 0.3) is 5.91 Å². The van der Waals surface area contributed by atoms with Crippen molar-refractivity contribution in [1.82, 2.24) is 25.2 Å². The van der Waals surface area contributed by atoms with Crippen molar-refractivity contribution >= 4 is 33.8 Å². The molecule has 258 valence electrons. The highest BCUT2D eigenvalue weighted by molar-refractivity contribution is 7.90. The van der Waals surface area contributed by atoms with Crippen molar-refractivity contribution in [2.24, 2.45) is 5.92 Å². The number of rotatable bonds is 8. The average molecular weight is 672 g/mol. The summed E-state index contributed by atoms with van der Waals surface area (Å²) in [5, 5.41) is 5.46. The highest BCUT2D eigenvalue weighted by atomic mass is 32.2. The molecule has 5 rings (SSSR count). The molecule has 13 heteroatoms. The lowest BCUT2D eigenvalue weighted by molar-refractivity contribution is -0.141. The third-order valence-corrected chi connectivity index (χ3v) is 11.5. The van der Waals surface area contributed by atoms with E-state index in [1.807, 2.05) is 26.0 Å². The Balaban J connectivity index is 1.36. The number of benzene rings is 1. The second-order valence-electron chi connectivity index (χ2n) is 13.6. The second kappa shape index (κ2) is 15.2. The number of hydrogen-bond acceptors (Lipinski definition) is 8. The minimum absolute atomic E-state index is 0.00940. The van der Waals surface area contributed by atoms with Gasteiger partial charge in [0, 0.05) is 19.5 Å². The van der Waals surface area contributed by atoms with E-state index in [-0.39, 0.29) is 31.2 Å². The fourth-order valence-electron chi connectivity index (χ4n) is 6.80. The summed E-state index contributed by atoms with van der Waals surface area (Å²) < 4.78 is 32.9. The summed E-state index contributed by atoms with van der Waals surface area (Å²) in [6, 6.07) is 3.41. The average Bonchev–Trinajstić information content (AvgIpc) is 3.67. The Morgan fingerprint density at radius 2 is 1.81 bits per heavy atom. The molecule has 1 aromatic rings. The molecule has 1 saturated heterocycles. The third-order valence-electron chi connectivity index (χ3n) is 9.62. The number of carbonyl (C=O) groups excluding carboxylic acids is 4. The molecule has 3 heterocycles. The molecule has 0 spiro atoms. The molecule has 4 amide bonds. The molecular weight excluding hydrogens is 622 g/mol. The quantitative estimate of drug-likeness (QED) is 0.357. The van der Waals surface area contributed by atoms with Crippen molar-refractivity contribution < 1.29 is 32.3 Å². The Morgan fingerprint density at radius 1 is 1.09 bits per heavy atom. The van der Waals surface area contributed by atoms with Gasteiger partial charge in [-0.05, 0) is 67.7 Å². The van der Waals surface area contributed by atoms with Crippen LogP contribution in [0.5, 0.6) is 0 Å². The smallest absolute Gasteiger partial charge is 0.410 e. The maximum atomic E-state index is 14.1. The zero-order valence-corrected chi connectivity index (χ0v) is 28.4. The van der Waals surface area contributed by atoms with Crippen LogP contribution in [-0.4, -0.2) is 84.6 Å². The van der Waals surface area contributed by atoms with E-state index in [2.05, 4.69) is 28.0 Å². The number of carbonyl (C=O) groups is 4. The topological polar surface area (TPSA) is 154 Å². The van der Waals surface area contributed by atoms with E-state index in [9.17, 15) is 27.6 Å². The molecule has 1 unspecified atom stereocenters. The van der Waals surface area contributed by atoms with Crippen LogP contribution < -0.4 is 15.4 Å². The lowest BCUT2D eigenvalue weighted by atomic mass is 9.98. The van der Waals surface area contributed by atoms with Gasteiger partial charge in [-0.1, -0.05) is 57.4 Å². The molecule has 2 fully saturated rings. The number of fused-ring (bicyclic) bond motifs is 3. The second-order valence-corrected chi connectivity index (χ2v) is 15.6. The molecule has 0 aromatic heterocycles. The predicted molar refractivity (Wildman–Crippen MR) is 176 cm³/mol. The SMILES string of the molecule is C=CCC(NC(=O)[C@@H]1C[C@@H]2CN1C(=O)[C@H](C(C)C)NCCCCCCCc1cccc3c1CN(C3)C(=O)O2)C(=O)NS(=O)(=O)C1CC1. The molecule has 1 aliphatic carbocycles. The molecule has 47 heavy (non-hydrogen) atoms. The van der Waals surface area contributed by atoms with Gasteiger partial charge in [0.2, 0.25) is 21.8 Å². The van der Waals surface area contributed by atoms with Gasteiger partial charge in [0.1, 0.15) is 18.2 Å². The number of nitrogens with zero attached hydrogens (tertiary/aromatic N) is 2. The van der Waals surface area contributed by atoms with Crippen molar-refractivity contribution in [1.29, 1.82) is 0 Å². The first-order chi connectivity index (χ1) is 22.5. The first-order valence-corrected chi connectivity index (χ1v) is 18.6. The fraction of sp³-hybridized carbons (Fsp3) is 0.647. The molecule has 1 aromatic carbocycles. The van der Waals surface area contributed by atoms with Crippen molar-refractivity contribution in [3.05, 3.63) is 47.5 Å². The van der Waals surface area contributed by atoms with Crippen molar-refractivity contribution in [2.45, 2.75) is 121 Å². The maximum absolute atomic E-state index is 14.1. The molecule has 0 radical (unpaired) electrons. The largest absolute Gasteiger partial charge is 0.444 e. The molecule has 3 aliphatic heterocycles. The van der Waals surface area contributed by atoms with E-state index in [1.54, 1.807) is 4.90 Å². The molecule has 4 aliphatic rings. The van der Waals surface area contributed by atoms with Gasteiger partial charge < -0.3 is 20.3 Å². The van der Waals surface area contributed by atoms with Gasteiger partial charge in [0.05, 0.1) is 17.8 Å². The maximum Gasteiger partial charge on any atom is 0.410 e. The number of amides is 4. The van der Waals surface area contributed by atoms with Gasteiger partial charge in [-0.2, -0.15) is 0 Å². The molecule has 12 nitrogen and oxygen atoms in total. The first-order valence-electron chi connectivity index (χ1n) is 17.0. The minimum Gasteiger partial charge on any atom is -0.444 e. The summed E-state index contributed by atoms with van der Waals surface area (Å²) in [5.74, 6) is -1.83. The van der Waals surface area contributed by atoms with E-state index >= 15 is 0 Å². The van der Waals surface area contributed by atoms with Crippen molar-refractivity contribution in [3.63, 3.8) is 0 Å². The molecule has 4 atom stereocenters. The van der Waals surface area contributed by atoms with E-state index < -0.39 is 57.4 Å². The Kier molecular flexibility index (Phi) is 11.3. The Bertz CT molecular complexity index is 1460. The monoisotopic (exact) mass is 671 g/mol. The van der Waals surface area contributed by atoms with Crippen LogP contribution in [-0.2, 0) is 48.7 Å². The number of nitrogens with one attached hydrogen (secondary N) is 3. The lowest BCUT2D eigenvalue weighted by Gasteiger charge is -2.31. The zero-order chi connectivity index (χ0) is 33.7. The summed E-state index contributed by atoms with van der Waals surface area (Å²) in [6.07, 6.45) is 7.35. The summed E-state index contributed by atoms with van der Waals surface area (Å²) in [4.78, 5) is 57.5. The van der Waals surface area contributed by atoms with Crippen LogP contribution in [0.2, 0.25) is 0 Å². The van der Waals surface area contributed by atoms with Crippen LogP contribution in [0.25, 0.3) is 0 Å². The van der Waals surface area contributed by atoms with Crippen molar-refractivity contribution in [3.8, 4) is 0 Å². The summed E-state index contributed by atoms with van der Waals surface area (Å²) in [6.45, 7) is 9.09. The van der Waals surface area contributed by atoms with Crippen LogP contribution >= 0.6 is 0 Å². The molecule has 3 N–H and O–H groups in total. The zero-order valence-electron chi connectivity index (χ0n) is 27.5. The molecule has 4 bridgehead atoms. The Morgan fingerprint density at radius 3 is 2.53 bits per heavy atom. The summed E-state index contributed by atoms with van der Waals surface area (Å²) in [7, 11) is -3.83. The van der Waals surface area contributed by atoms with E-state index in [4.69, 9.17) is 4.74 Å². The lowest BCUT2D eigenvalue weighted by Crippen LogP contribution is -2.57. The summed E-state index contributed by atoms with van der Waals surface area (Å²) >= 11 is 0. The third kappa shape index (κ3) is 8.53. The molecule has 1 saturated carbocycles. The normalized spacial score (nSPS) is 25.0. The van der Waals surface area contributed by atoms with Crippen LogP contribution in [0.3, 0.4) is 0 Å². The van der Waals surface area contributed by atoms with Crippen LogP contribution in [0, 0.1) is 5.92 Å². The first kappa shape index (κ1) is 34.9. The van der Waals surface area contributed by atoms with Gasteiger partial charge in [-0.3, -0.25) is 24.0 Å². The van der Waals surface area contributed by atoms with Gasteiger partial charge in [-0.15, -0.1) is 6.58 Å². The molecular formula is C34H49N5O7S. The van der Waals surface area contributed by atoms with Gasteiger partial charge in [0.15, 0.2) is 0 Å². The number of hydrogen-bond donors (Lipinski definition) is 3. The number of sulfonamides is 1. The minimum atomic E-state index is -3.83. The standard InChI is InChI=1S/C34H49N5O7S/c1-4-11-28(31(40)37-47(44,45)26-15-16-26)36-32(41)29-18-25-20-39(29)33(42)30(22(2)3)35-17-9-7-5-6-8-12-23-13-10-14-24-19-38(21-27(23)24)34(43)46-25/h4,10,13-14,22,25-26,28-30,35H,1,5-9,11-12,15-21H2,2-3H3,(H,36,41)(H,37,40)/t25-,28?,29+,30+/m1/s1. The highest BCUT2D eigenvalue weighted by Gasteiger charge is 2.45. The van der Waals surface area contributed by atoms with Crippen molar-refractivity contribution in [2.75, 3.05) is 13.1 Å². The summed E-state index contributed by atoms with van der Waals surface area (Å²) in [5.41, 5.74) is 3.53. The van der Waals surface area contributed by atoms with E-state index in [1.165, 1.54) is 22.1 Å². The predicted octanol–water partition coefficient (Wildman–Crippen LogP) is 2.90. The van der Waals surface area contributed by atoms with Crippen LogP contribution in [0.4, 0.5) is 4.79 Å². The van der Waals surface area contributed by atoms with E-state index in [0.717, 1.165) is 44.1 Å². The van der Waals surface area contributed by atoms with Crippen LogP contribution in [0.1, 0.15) is 88.3 Å². The van der Waals surface area contributed by atoms with E-state index in [0.29, 0.717) is 32.5 Å². The van der Waals surface area contributed by atoms with Gasteiger partial charge >= 0.3 is 6.09 Å².